The lowest BCUT2D eigenvalue weighted by Crippen LogP contribution is -2.04. The van der Waals surface area contributed by atoms with E-state index in [0.29, 0.717) is 33.8 Å². The van der Waals surface area contributed by atoms with E-state index in [1.165, 1.54) is 26.4 Å². The van der Waals surface area contributed by atoms with E-state index in [1.54, 1.807) is 30.3 Å². The molecular weight excluding hydrogens is 402 g/mol. The molecule has 4 rings (SSSR count). The standard InChI is InChI=1S/C25H18F2O4/c1-29-17-11-16(12-18(13-17)30-2)23-19(15-7-4-3-5-8-15)14-22(28)31-25(23)24-20(26)9-6-10-21(24)27/h3-14H,1-2H3. The van der Waals surface area contributed by atoms with Gasteiger partial charge in [-0.3, -0.25) is 0 Å². The minimum atomic E-state index is -0.843. The smallest absolute Gasteiger partial charge is 0.336 e. The highest BCUT2D eigenvalue weighted by molar-refractivity contribution is 5.92. The van der Waals surface area contributed by atoms with Crippen LogP contribution >= 0.6 is 0 Å². The number of hydrogen-bond acceptors (Lipinski definition) is 4. The van der Waals surface area contributed by atoms with Crippen LogP contribution in [0.4, 0.5) is 8.78 Å². The van der Waals surface area contributed by atoms with E-state index < -0.39 is 22.8 Å². The summed E-state index contributed by atoms with van der Waals surface area (Å²) in [6.45, 7) is 0. The van der Waals surface area contributed by atoms with Gasteiger partial charge in [0, 0.05) is 23.3 Å². The summed E-state index contributed by atoms with van der Waals surface area (Å²) in [5.41, 5.74) is 0.850. The molecular formula is C25H18F2O4. The molecule has 0 aliphatic rings. The number of methoxy groups -OCH3 is 2. The minimum absolute atomic E-state index is 0.211. The quantitative estimate of drug-likeness (QED) is 0.401. The van der Waals surface area contributed by atoms with Gasteiger partial charge in [-0.05, 0) is 35.4 Å². The van der Waals surface area contributed by atoms with Crippen molar-refractivity contribution in [1.29, 1.82) is 0 Å². The molecule has 0 amide bonds. The minimum Gasteiger partial charge on any atom is -0.497 e. The van der Waals surface area contributed by atoms with Gasteiger partial charge in [-0.2, -0.15) is 0 Å². The molecule has 4 aromatic rings. The Labute approximate surface area is 177 Å². The zero-order chi connectivity index (χ0) is 22.0. The van der Waals surface area contributed by atoms with Crippen molar-refractivity contribution in [1.82, 2.24) is 0 Å². The van der Waals surface area contributed by atoms with Crippen LogP contribution in [0, 0.1) is 11.6 Å². The molecule has 1 heterocycles. The fraction of sp³-hybridized carbons (Fsp3) is 0.0800. The third-order valence-electron chi connectivity index (χ3n) is 4.88. The van der Waals surface area contributed by atoms with Gasteiger partial charge in [-0.25, -0.2) is 13.6 Å². The Morgan fingerprint density at radius 3 is 1.90 bits per heavy atom. The number of halogens is 2. The van der Waals surface area contributed by atoms with Crippen LogP contribution in [-0.4, -0.2) is 14.2 Å². The maximum atomic E-state index is 14.7. The van der Waals surface area contributed by atoms with Crippen molar-refractivity contribution in [2.24, 2.45) is 0 Å². The maximum Gasteiger partial charge on any atom is 0.336 e. The molecule has 0 aliphatic carbocycles. The number of ether oxygens (including phenoxy) is 2. The van der Waals surface area contributed by atoms with Gasteiger partial charge in [0.1, 0.15) is 23.1 Å². The first-order valence-electron chi connectivity index (χ1n) is 9.43. The Bertz CT molecular complexity index is 1250. The van der Waals surface area contributed by atoms with Gasteiger partial charge in [0.25, 0.3) is 0 Å². The zero-order valence-corrected chi connectivity index (χ0v) is 16.8. The van der Waals surface area contributed by atoms with Crippen molar-refractivity contribution in [3.63, 3.8) is 0 Å². The molecule has 4 nitrogen and oxygen atoms in total. The van der Waals surface area contributed by atoms with Crippen LogP contribution in [0.3, 0.4) is 0 Å². The largest absolute Gasteiger partial charge is 0.497 e. The average Bonchev–Trinajstić information content (AvgIpc) is 2.78. The average molecular weight is 420 g/mol. The first-order chi connectivity index (χ1) is 15.0. The third-order valence-corrected chi connectivity index (χ3v) is 4.88. The van der Waals surface area contributed by atoms with Crippen LogP contribution in [0.5, 0.6) is 11.5 Å². The van der Waals surface area contributed by atoms with Gasteiger partial charge in [0.15, 0.2) is 5.76 Å². The van der Waals surface area contributed by atoms with Crippen molar-refractivity contribution in [2.45, 2.75) is 0 Å². The Morgan fingerprint density at radius 1 is 0.710 bits per heavy atom. The van der Waals surface area contributed by atoms with E-state index in [1.807, 2.05) is 18.2 Å². The first-order valence-corrected chi connectivity index (χ1v) is 9.43. The van der Waals surface area contributed by atoms with E-state index in [0.717, 1.165) is 12.1 Å². The molecule has 0 unspecified atom stereocenters. The molecule has 31 heavy (non-hydrogen) atoms. The van der Waals surface area contributed by atoms with Crippen LogP contribution < -0.4 is 15.1 Å². The Morgan fingerprint density at radius 2 is 1.32 bits per heavy atom. The van der Waals surface area contributed by atoms with E-state index in [2.05, 4.69) is 0 Å². The number of hydrogen-bond donors (Lipinski definition) is 0. The molecule has 0 saturated heterocycles. The van der Waals surface area contributed by atoms with Gasteiger partial charge in [-0.1, -0.05) is 36.4 Å². The molecule has 0 spiro atoms. The van der Waals surface area contributed by atoms with Crippen LogP contribution in [0.1, 0.15) is 0 Å². The summed E-state index contributed by atoms with van der Waals surface area (Å²) >= 11 is 0. The van der Waals surface area contributed by atoms with Crippen LogP contribution in [0.25, 0.3) is 33.6 Å². The van der Waals surface area contributed by atoms with Gasteiger partial charge in [0.05, 0.1) is 19.8 Å². The fourth-order valence-corrected chi connectivity index (χ4v) is 3.47. The number of rotatable bonds is 5. The first kappa shape index (κ1) is 20.3. The molecule has 0 fully saturated rings. The molecule has 0 radical (unpaired) electrons. The summed E-state index contributed by atoms with van der Waals surface area (Å²) in [4.78, 5) is 12.4. The molecule has 6 heteroatoms. The SMILES string of the molecule is COc1cc(OC)cc(-c2c(-c3ccccc3)cc(=O)oc2-c2c(F)cccc2F)c1. The number of benzene rings is 3. The van der Waals surface area contributed by atoms with E-state index >= 15 is 0 Å². The molecule has 0 aliphatic heterocycles. The van der Waals surface area contributed by atoms with Gasteiger partial charge in [0.2, 0.25) is 0 Å². The highest BCUT2D eigenvalue weighted by Gasteiger charge is 2.24. The monoisotopic (exact) mass is 420 g/mol. The lowest BCUT2D eigenvalue weighted by atomic mass is 9.91. The fourth-order valence-electron chi connectivity index (χ4n) is 3.47. The highest BCUT2D eigenvalue weighted by Crippen LogP contribution is 2.42. The second kappa shape index (κ2) is 8.44. The summed E-state index contributed by atoms with van der Waals surface area (Å²) in [7, 11) is 3.00. The summed E-state index contributed by atoms with van der Waals surface area (Å²) in [5, 5.41) is 0. The molecule has 156 valence electrons. The summed E-state index contributed by atoms with van der Waals surface area (Å²) in [5.74, 6) is -0.953. The van der Waals surface area contributed by atoms with Crippen LogP contribution in [0.15, 0.2) is 82.0 Å². The maximum absolute atomic E-state index is 14.7. The molecule has 3 aromatic carbocycles. The second-order valence-corrected chi connectivity index (χ2v) is 6.75. The summed E-state index contributed by atoms with van der Waals surface area (Å²) in [6.07, 6.45) is 0. The summed E-state index contributed by atoms with van der Waals surface area (Å²) in [6, 6.07) is 18.9. The van der Waals surface area contributed by atoms with Gasteiger partial charge >= 0.3 is 5.63 Å². The molecule has 0 atom stereocenters. The molecule has 0 N–H and O–H groups in total. The predicted molar refractivity (Wildman–Crippen MR) is 114 cm³/mol. The molecule has 1 aromatic heterocycles. The van der Waals surface area contributed by atoms with E-state index in [4.69, 9.17) is 13.9 Å². The van der Waals surface area contributed by atoms with Crippen LogP contribution in [0.2, 0.25) is 0 Å². The Hall–Kier alpha value is -3.93. The van der Waals surface area contributed by atoms with Crippen molar-refractivity contribution >= 4 is 0 Å². The summed E-state index contributed by atoms with van der Waals surface area (Å²) < 4.78 is 45.6. The normalized spacial score (nSPS) is 10.7. The van der Waals surface area contributed by atoms with Gasteiger partial charge < -0.3 is 13.9 Å². The van der Waals surface area contributed by atoms with E-state index in [-0.39, 0.29) is 5.76 Å². The van der Waals surface area contributed by atoms with Crippen LogP contribution in [-0.2, 0) is 0 Å². The van der Waals surface area contributed by atoms with Crippen molar-refractivity contribution in [2.75, 3.05) is 14.2 Å². The third kappa shape index (κ3) is 3.92. The predicted octanol–water partition coefficient (Wildman–Crippen LogP) is 5.94. The van der Waals surface area contributed by atoms with Crippen molar-refractivity contribution in [3.8, 4) is 45.1 Å². The zero-order valence-electron chi connectivity index (χ0n) is 16.8. The van der Waals surface area contributed by atoms with Crippen molar-refractivity contribution in [3.05, 3.63) is 94.9 Å². The van der Waals surface area contributed by atoms with Crippen molar-refractivity contribution < 1.29 is 22.7 Å². The highest BCUT2D eigenvalue weighted by atomic mass is 19.1. The lowest BCUT2D eigenvalue weighted by molar-refractivity contribution is 0.394. The Balaban J connectivity index is 2.15. The molecule has 0 saturated carbocycles. The topological polar surface area (TPSA) is 48.7 Å². The second-order valence-electron chi connectivity index (χ2n) is 6.75. The lowest BCUT2D eigenvalue weighted by Gasteiger charge is -2.16. The van der Waals surface area contributed by atoms with E-state index in [9.17, 15) is 13.6 Å². The Kier molecular flexibility index (Phi) is 5.54. The molecule has 0 bridgehead atoms. The van der Waals surface area contributed by atoms with Gasteiger partial charge in [-0.15, -0.1) is 0 Å².